The van der Waals surface area contributed by atoms with Gasteiger partial charge in [0.15, 0.2) is 0 Å². The number of nitrogens with zero attached hydrogens (tertiary/aromatic N) is 1. The van der Waals surface area contributed by atoms with Crippen molar-refractivity contribution in [2.24, 2.45) is 0 Å². The summed E-state index contributed by atoms with van der Waals surface area (Å²) in [4.78, 5) is 23.0. The first-order chi connectivity index (χ1) is 13.8. The van der Waals surface area contributed by atoms with Crippen LogP contribution in [0.1, 0.15) is 11.7 Å². The molecule has 1 fully saturated rings. The zero-order valence-electron chi connectivity index (χ0n) is 15.2. The molecule has 28 heavy (non-hydrogen) atoms. The van der Waals surface area contributed by atoms with Crippen molar-refractivity contribution < 1.29 is 4.74 Å². The predicted octanol–water partition coefficient (Wildman–Crippen LogP) is 3.25. The topological polar surface area (TPSA) is 82.8 Å². The molecule has 3 N–H and O–H groups in total. The first-order valence-electron chi connectivity index (χ1n) is 9.38. The molecule has 0 radical (unpaired) electrons. The fourth-order valence-corrected chi connectivity index (χ4v) is 3.83. The van der Waals surface area contributed by atoms with Crippen LogP contribution < -0.4 is 10.9 Å². The van der Waals surface area contributed by atoms with Gasteiger partial charge in [0.05, 0.1) is 12.7 Å². The molecule has 0 spiro atoms. The van der Waals surface area contributed by atoms with Crippen LogP contribution in [0.2, 0.25) is 0 Å². The summed E-state index contributed by atoms with van der Waals surface area (Å²) in [7, 11) is 0. The number of aromatic amines is 2. The number of aromatic nitrogens is 3. The van der Waals surface area contributed by atoms with Gasteiger partial charge in [-0.25, -0.2) is 4.98 Å². The van der Waals surface area contributed by atoms with E-state index in [0.717, 1.165) is 52.1 Å². The SMILES string of the molecule is O=c1cc(-c2c[nH]c3ncccc23)cc(-c2ccccc2C2CNCCO2)[nH]1. The molecule has 140 valence electrons. The Morgan fingerprint density at radius 1 is 1.07 bits per heavy atom. The molecule has 0 aliphatic carbocycles. The van der Waals surface area contributed by atoms with Crippen LogP contribution in [0.5, 0.6) is 0 Å². The summed E-state index contributed by atoms with van der Waals surface area (Å²) in [6, 6.07) is 15.6. The minimum absolute atomic E-state index is 0.0330. The lowest BCUT2D eigenvalue weighted by Gasteiger charge is -2.26. The van der Waals surface area contributed by atoms with E-state index >= 15 is 0 Å². The third-order valence-electron chi connectivity index (χ3n) is 5.13. The highest BCUT2D eigenvalue weighted by atomic mass is 16.5. The second-order valence-electron chi connectivity index (χ2n) is 6.90. The molecular weight excluding hydrogens is 352 g/mol. The quantitative estimate of drug-likeness (QED) is 0.516. The molecule has 0 amide bonds. The van der Waals surface area contributed by atoms with Crippen molar-refractivity contribution in [1.29, 1.82) is 0 Å². The Kier molecular flexibility index (Phi) is 4.27. The van der Waals surface area contributed by atoms with Crippen molar-refractivity contribution in [1.82, 2.24) is 20.3 Å². The van der Waals surface area contributed by atoms with E-state index in [4.69, 9.17) is 4.74 Å². The number of hydrogen-bond donors (Lipinski definition) is 3. The lowest BCUT2D eigenvalue weighted by Crippen LogP contribution is -2.33. The van der Waals surface area contributed by atoms with E-state index in [-0.39, 0.29) is 11.7 Å². The maximum atomic E-state index is 12.5. The van der Waals surface area contributed by atoms with Gasteiger partial charge in [0.2, 0.25) is 5.56 Å². The molecule has 4 aromatic rings. The minimum atomic E-state index is -0.136. The van der Waals surface area contributed by atoms with Crippen molar-refractivity contribution in [3.05, 3.63) is 76.8 Å². The predicted molar refractivity (Wildman–Crippen MR) is 109 cm³/mol. The highest BCUT2D eigenvalue weighted by Gasteiger charge is 2.20. The number of H-pyrrole nitrogens is 2. The molecule has 1 aromatic carbocycles. The molecule has 6 heteroatoms. The molecule has 1 atom stereocenters. The van der Waals surface area contributed by atoms with E-state index in [0.29, 0.717) is 6.61 Å². The van der Waals surface area contributed by atoms with E-state index in [1.54, 1.807) is 12.3 Å². The number of rotatable bonds is 3. The van der Waals surface area contributed by atoms with Crippen LogP contribution in [0, 0.1) is 0 Å². The van der Waals surface area contributed by atoms with Gasteiger partial charge in [0, 0.05) is 53.8 Å². The number of hydrogen-bond acceptors (Lipinski definition) is 4. The average molecular weight is 372 g/mol. The van der Waals surface area contributed by atoms with Gasteiger partial charge in [0.1, 0.15) is 5.65 Å². The molecule has 1 saturated heterocycles. The molecule has 5 rings (SSSR count). The molecule has 0 bridgehead atoms. The summed E-state index contributed by atoms with van der Waals surface area (Å²) in [6.45, 7) is 2.30. The molecule has 6 nitrogen and oxygen atoms in total. The largest absolute Gasteiger partial charge is 0.371 e. The van der Waals surface area contributed by atoms with Gasteiger partial charge in [-0.3, -0.25) is 4.79 Å². The van der Waals surface area contributed by atoms with Crippen LogP contribution in [-0.2, 0) is 4.74 Å². The van der Waals surface area contributed by atoms with Gasteiger partial charge >= 0.3 is 0 Å². The maximum absolute atomic E-state index is 12.5. The van der Waals surface area contributed by atoms with Gasteiger partial charge < -0.3 is 20.0 Å². The highest BCUT2D eigenvalue weighted by molar-refractivity contribution is 5.94. The summed E-state index contributed by atoms with van der Waals surface area (Å²) in [5.41, 5.74) is 5.32. The van der Waals surface area contributed by atoms with Crippen LogP contribution in [0.25, 0.3) is 33.4 Å². The number of fused-ring (bicyclic) bond motifs is 1. The maximum Gasteiger partial charge on any atom is 0.249 e. The number of morpholine rings is 1. The van der Waals surface area contributed by atoms with Crippen LogP contribution in [0.4, 0.5) is 0 Å². The van der Waals surface area contributed by atoms with Gasteiger partial charge in [-0.05, 0) is 29.3 Å². The Labute approximate surface area is 161 Å². The molecule has 1 aliphatic heterocycles. The summed E-state index contributed by atoms with van der Waals surface area (Å²) >= 11 is 0. The molecule has 3 aromatic heterocycles. The van der Waals surface area contributed by atoms with E-state index in [2.05, 4.69) is 26.3 Å². The van der Waals surface area contributed by atoms with Gasteiger partial charge in [-0.1, -0.05) is 24.3 Å². The fourth-order valence-electron chi connectivity index (χ4n) is 3.83. The summed E-state index contributed by atoms with van der Waals surface area (Å²) < 4.78 is 5.95. The van der Waals surface area contributed by atoms with Crippen molar-refractivity contribution in [2.45, 2.75) is 6.10 Å². The first-order valence-corrected chi connectivity index (χ1v) is 9.38. The second kappa shape index (κ2) is 7.07. The van der Waals surface area contributed by atoms with Crippen molar-refractivity contribution in [2.75, 3.05) is 19.7 Å². The first kappa shape index (κ1) is 16.9. The molecule has 1 aliphatic rings. The normalized spacial score (nSPS) is 17.1. The summed E-state index contributed by atoms with van der Waals surface area (Å²) in [5, 5.41) is 4.36. The monoisotopic (exact) mass is 372 g/mol. The number of benzene rings is 1. The van der Waals surface area contributed by atoms with Gasteiger partial charge in [-0.15, -0.1) is 0 Å². The Bertz CT molecular complexity index is 1190. The van der Waals surface area contributed by atoms with E-state index < -0.39 is 0 Å². The zero-order valence-corrected chi connectivity index (χ0v) is 15.2. The van der Waals surface area contributed by atoms with Crippen molar-refractivity contribution in [3.63, 3.8) is 0 Å². The van der Waals surface area contributed by atoms with Crippen LogP contribution in [-0.4, -0.2) is 34.6 Å². The number of nitrogens with one attached hydrogen (secondary N) is 3. The fraction of sp³-hybridized carbons (Fsp3) is 0.182. The van der Waals surface area contributed by atoms with E-state index in [1.165, 1.54) is 0 Å². The number of ether oxygens (including phenoxy) is 1. The van der Waals surface area contributed by atoms with E-state index in [1.807, 2.05) is 42.6 Å². The molecule has 4 heterocycles. The van der Waals surface area contributed by atoms with Crippen molar-refractivity contribution in [3.8, 4) is 22.4 Å². The minimum Gasteiger partial charge on any atom is -0.371 e. The summed E-state index contributed by atoms with van der Waals surface area (Å²) in [6.07, 6.45) is 3.62. The molecule has 1 unspecified atom stereocenters. The Balaban J connectivity index is 1.64. The Hall–Kier alpha value is -3.22. The standard InChI is InChI=1S/C22H20N4O2/c27-21-11-14(18-12-25-22-17(18)6-3-7-24-22)10-19(26-21)15-4-1-2-5-16(15)20-13-23-8-9-28-20/h1-7,10-12,20,23H,8-9,13H2,(H,24,25)(H,26,27). The smallest absolute Gasteiger partial charge is 0.249 e. The van der Waals surface area contributed by atoms with Gasteiger partial charge in [-0.2, -0.15) is 0 Å². The zero-order chi connectivity index (χ0) is 18.9. The third-order valence-corrected chi connectivity index (χ3v) is 5.13. The third kappa shape index (κ3) is 3.02. The van der Waals surface area contributed by atoms with Crippen LogP contribution >= 0.6 is 0 Å². The van der Waals surface area contributed by atoms with Crippen molar-refractivity contribution >= 4 is 11.0 Å². The molecular formula is C22H20N4O2. The molecule has 0 saturated carbocycles. The number of pyridine rings is 2. The van der Waals surface area contributed by atoms with Crippen LogP contribution in [0.3, 0.4) is 0 Å². The van der Waals surface area contributed by atoms with Gasteiger partial charge in [0.25, 0.3) is 0 Å². The Morgan fingerprint density at radius 2 is 2.00 bits per heavy atom. The lowest BCUT2D eigenvalue weighted by atomic mass is 9.97. The highest BCUT2D eigenvalue weighted by Crippen LogP contribution is 2.32. The lowest BCUT2D eigenvalue weighted by molar-refractivity contribution is 0.0280. The van der Waals surface area contributed by atoms with Crippen LogP contribution in [0.15, 0.2) is 65.7 Å². The Morgan fingerprint density at radius 3 is 2.89 bits per heavy atom. The summed E-state index contributed by atoms with van der Waals surface area (Å²) in [5.74, 6) is 0. The van der Waals surface area contributed by atoms with E-state index in [9.17, 15) is 4.79 Å². The average Bonchev–Trinajstić information content (AvgIpc) is 3.18. The second-order valence-corrected chi connectivity index (χ2v) is 6.90.